The first kappa shape index (κ1) is 24.4. The second-order valence-electron chi connectivity index (χ2n) is 9.13. The lowest BCUT2D eigenvalue weighted by molar-refractivity contribution is -0.189. The summed E-state index contributed by atoms with van der Waals surface area (Å²) in [6.45, 7) is 5.77. The molecule has 2 aliphatic rings. The lowest BCUT2D eigenvalue weighted by Gasteiger charge is -2.47. The van der Waals surface area contributed by atoms with Crippen molar-refractivity contribution < 1.29 is 35.5 Å². The van der Waals surface area contributed by atoms with Crippen LogP contribution in [0.25, 0.3) is 5.65 Å². The van der Waals surface area contributed by atoms with Gasteiger partial charge in [0.1, 0.15) is 5.69 Å². The van der Waals surface area contributed by atoms with E-state index in [4.69, 9.17) is 9.15 Å². The largest absolute Gasteiger partial charge is 0.477 e. The third kappa shape index (κ3) is 4.17. The molecule has 5 atom stereocenters. The highest BCUT2D eigenvalue weighted by atomic mass is 19.4. The van der Waals surface area contributed by atoms with E-state index < -0.39 is 35.5 Å². The Balaban J connectivity index is 1.43. The normalized spacial score (nSPS) is 25.1. The molecule has 15 heteroatoms. The highest BCUT2D eigenvalue weighted by Gasteiger charge is 2.55. The molecule has 0 radical (unpaired) electrons. The Kier molecular flexibility index (Phi) is 5.70. The molecule has 1 N–H and O–H groups in total. The van der Waals surface area contributed by atoms with Crippen molar-refractivity contribution in [3.63, 3.8) is 0 Å². The number of rotatable bonds is 6. The second-order valence-corrected chi connectivity index (χ2v) is 9.13. The van der Waals surface area contributed by atoms with Crippen LogP contribution in [0.1, 0.15) is 31.9 Å². The number of hydrogen-bond acceptors (Lipinski definition) is 8. The van der Waals surface area contributed by atoms with Gasteiger partial charge in [-0.3, -0.25) is 0 Å². The maximum atomic E-state index is 13.6. The zero-order chi connectivity index (χ0) is 26.0. The summed E-state index contributed by atoms with van der Waals surface area (Å²) in [6.07, 6.45) is -11.0. The van der Waals surface area contributed by atoms with Crippen LogP contribution in [-0.4, -0.2) is 56.2 Å². The monoisotopic (exact) mass is 519 g/mol. The van der Waals surface area contributed by atoms with Crippen molar-refractivity contribution in [3.8, 4) is 5.75 Å². The van der Waals surface area contributed by atoms with E-state index >= 15 is 0 Å². The number of alkyl halides is 6. The van der Waals surface area contributed by atoms with Crippen molar-refractivity contribution in [1.82, 2.24) is 24.8 Å². The number of hydrogen-bond donors (Lipinski definition) is 1. The predicted molar refractivity (Wildman–Crippen MR) is 114 cm³/mol. The van der Waals surface area contributed by atoms with E-state index in [1.54, 1.807) is 6.92 Å². The van der Waals surface area contributed by atoms with Crippen molar-refractivity contribution in [2.24, 2.45) is 17.8 Å². The Labute approximate surface area is 200 Å². The summed E-state index contributed by atoms with van der Waals surface area (Å²) >= 11 is 0. The molecular weight excluding hydrogens is 496 g/mol. The predicted octanol–water partition coefficient (Wildman–Crippen LogP) is 4.34. The van der Waals surface area contributed by atoms with Gasteiger partial charge in [-0.25, -0.2) is 4.52 Å². The van der Waals surface area contributed by atoms with Crippen LogP contribution in [0.15, 0.2) is 16.5 Å². The summed E-state index contributed by atoms with van der Waals surface area (Å²) in [5.41, 5.74) is -1.64. The van der Waals surface area contributed by atoms with Crippen LogP contribution in [0.5, 0.6) is 5.75 Å². The molecule has 36 heavy (non-hydrogen) atoms. The molecule has 4 heterocycles. The molecule has 9 nitrogen and oxygen atoms in total. The average molecular weight is 519 g/mol. The molecule has 2 fully saturated rings. The van der Waals surface area contributed by atoms with E-state index in [2.05, 4.69) is 25.6 Å². The number of aromatic nitrogens is 5. The molecule has 1 unspecified atom stereocenters. The maximum Gasteiger partial charge on any atom is 0.433 e. The molecule has 5 rings (SSSR count). The van der Waals surface area contributed by atoms with Gasteiger partial charge in [0.2, 0.25) is 11.8 Å². The topological polar surface area (TPSA) is 93.6 Å². The lowest BCUT2D eigenvalue weighted by Crippen LogP contribution is -2.54. The van der Waals surface area contributed by atoms with Crippen LogP contribution in [0.3, 0.4) is 0 Å². The standard InChI is InChI=1S/C21H23F6N7O2/c1-4-11-12-7-33(19-31-30-10(3)36-19)8-13(12)16(11)28-18-29-17-14(35-9(2)20(22,23)24)5-6-15(21(25,26)27)34(17)32-18/h5-6,9,11-13,16H,4,7-8H2,1-3H3,(H,28,32)/t9-,11+,12?,13+,16+/m0/s1. The van der Waals surface area contributed by atoms with E-state index in [0.29, 0.717) is 41.5 Å². The zero-order valence-electron chi connectivity index (χ0n) is 19.4. The van der Waals surface area contributed by atoms with Gasteiger partial charge in [-0.2, -0.15) is 31.3 Å². The second kappa shape index (κ2) is 8.40. The molecule has 0 spiro atoms. The minimum atomic E-state index is -4.81. The zero-order valence-corrected chi connectivity index (χ0v) is 19.4. The van der Waals surface area contributed by atoms with Crippen molar-refractivity contribution in [1.29, 1.82) is 0 Å². The van der Waals surface area contributed by atoms with E-state index in [-0.39, 0.29) is 23.8 Å². The minimum absolute atomic E-state index is 0.120. The fourth-order valence-corrected chi connectivity index (χ4v) is 5.18. The Bertz CT molecular complexity index is 1260. The van der Waals surface area contributed by atoms with Crippen molar-refractivity contribution in [2.45, 2.75) is 51.7 Å². The third-order valence-electron chi connectivity index (χ3n) is 6.94. The van der Waals surface area contributed by atoms with Gasteiger partial charge < -0.3 is 19.4 Å². The van der Waals surface area contributed by atoms with E-state index in [1.807, 2.05) is 11.8 Å². The number of anilines is 2. The van der Waals surface area contributed by atoms with Crippen LogP contribution in [0.2, 0.25) is 0 Å². The molecule has 1 saturated heterocycles. The Hall–Kier alpha value is -3.26. The summed E-state index contributed by atoms with van der Waals surface area (Å²) in [6, 6.07) is 1.71. The quantitative estimate of drug-likeness (QED) is 0.481. The average Bonchev–Trinajstić information content (AvgIpc) is 3.48. The summed E-state index contributed by atoms with van der Waals surface area (Å²) in [5, 5.41) is 15.0. The first-order valence-electron chi connectivity index (χ1n) is 11.4. The Morgan fingerprint density at radius 2 is 1.86 bits per heavy atom. The van der Waals surface area contributed by atoms with Gasteiger partial charge in [-0.1, -0.05) is 18.4 Å². The van der Waals surface area contributed by atoms with Crippen LogP contribution in [0, 0.1) is 24.7 Å². The van der Waals surface area contributed by atoms with Gasteiger partial charge >= 0.3 is 18.4 Å². The summed E-state index contributed by atoms with van der Waals surface area (Å²) in [5.74, 6) is 0.471. The van der Waals surface area contributed by atoms with Gasteiger partial charge in [-0.05, 0) is 30.9 Å². The molecule has 3 aromatic rings. The molecule has 0 bridgehead atoms. The molecule has 0 amide bonds. The van der Waals surface area contributed by atoms with Gasteiger partial charge in [0.25, 0.3) is 0 Å². The number of ether oxygens (including phenoxy) is 1. The number of pyridine rings is 1. The van der Waals surface area contributed by atoms with Gasteiger partial charge in [-0.15, -0.1) is 10.2 Å². The smallest absolute Gasteiger partial charge is 0.433 e. The molecule has 1 aliphatic heterocycles. The third-order valence-corrected chi connectivity index (χ3v) is 6.94. The molecule has 1 saturated carbocycles. The first-order valence-corrected chi connectivity index (χ1v) is 11.4. The maximum absolute atomic E-state index is 13.6. The van der Waals surface area contributed by atoms with Gasteiger partial charge in [0.05, 0.1) is 0 Å². The number of aryl methyl sites for hydroxylation is 1. The highest BCUT2D eigenvalue weighted by Crippen LogP contribution is 2.49. The fraction of sp³-hybridized carbons (Fsp3) is 0.619. The molecular formula is C21H23F6N7O2. The summed E-state index contributed by atoms with van der Waals surface area (Å²) in [7, 11) is 0. The number of fused-ring (bicyclic) bond motifs is 2. The highest BCUT2D eigenvalue weighted by molar-refractivity contribution is 5.57. The van der Waals surface area contributed by atoms with Crippen LogP contribution < -0.4 is 15.0 Å². The summed E-state index contributed by atoms with van der Waals surface area (Å²) in [4.78, 5) is 6.08. The van der Waals surface area contributed by atoms with E-state index in [0.717, 1.165) is 19.4 Å². The van der Waals surface area contributed by atoms with Crippen molar-refractivity contribution in [2.75, 3.05) is 23.3 Å². The fourth-order valence-electron chi connectivity index (χ4n) is 5.18. The van der Waals surface area contributed by atoms with E-state index in [1.165, 1.54) is 0 Å². The first-order chi connectivity index (χ1) is 16.9. The van der Waals surface area contributed by atoms with Crippen LogP contribution >= 0.6 is 0 Å². The molecule has 0 aromatic carbocycles. The van der Waals surface area contributed by atoms with Crippen molar-refractivity contribution in [3.05, 3.63) is 23.7 Å². The van der Waals surface area contributed by atoms with Crippen LogP contribution in [0.4, 0.5) is 38.3 Å². The summed E-state index contributed by atoms with van der Waals surface area (Å²) < 4.78 is 90.7. The molecule has 3 aromatic heterocycles. The SMILES string of the molecule is CC[C@@H]1C2CN(c3nnc(C)o3)C[C@H]2[C@@H]1Nc1nc2c(O[C@@H](C)C(F)(F)F)ccc(C(F)(F)F)n2n1. The molecule has 1 aliphatic carbocycles. The van der Waals surface area contributed by atoms with Gasteiger partial charge in [0, 0.05) is 32.0 Å². The lowest BCUT2D eigenvalue weighted by atomic mass is 9.61. The van der Waals surface area contributed by atoms with E-state index in [9.17, 15) is 26.3 Å². The van der Waals surface area contributed by atoms with Gasteiger partial charge in [0.15, 0.2) is 17.5 Å². The Morgan fingerprint density at radius 3 is 2.47 bits per heavy atom. The molecule has 196 valence electrons. The minimum Gasteiger partial charge on any atom is -0.477 e. The number of halogens is 6. The van der Waals surface area contributed by atoms with Crippen LogP contribution in [-0.2, 0) is 6.18 Å². The van der Waals surface area contributed by atoms with Crippen molar-refractivity contribution >= 4 is 17.6 Å². The Morgan fingerprint density at radius 1 is 1.14 bits per heavy atom. The number of nitrogens with one attached hydrogen (secondary N) is 1. The number of nitrogens with zero attached hydrogens (tertiary/aromatic N) is 6.